The number of carbonyl (C=O) groups is 1. The predicted molar refractivity (Wildman–Crippen MR) is 87.0 cm³/mol. The van der Waals surface area contributed by atoms with Crippen molar-refractivity contribution in [3.63, 3.8) is 0 Å². The number of hydrogen-bond donors (Lipinski definition) is 1. The Morgan fingerprint density at radius 1 is 1.26 bits per heavy atom. The lowest BCUT2D eigenvalue weighted by molar-refractivity contribution is -0.384. The Balaban J connectivity index is 1.93. The van der Waals surface area contributed by atoms with Crippen LogP contribution in [0.2, 0.25) is 5.02 Å². The van der Waals surface area contributed by atoms with Gasteiger partial charge in [0.15, 0.2) is 5.76 Å². The molecule has 7 heteroatoms. The number of fused-ring (bicyclic) bond motifs is 1. The molecule has 0 aliphatic rings. The highest BCUT2D eigenvalue weighted by molar-refractivity contribution is 6.31. The number of nitrogens with one attached hydrogen (secondary N) is 1. The summed E-state index contributed by atoms with van der Waals surface area (Å²) in [5.74, 6) is -0.330. The van der Waals surface area contributed by atoms with Gasteiger partial charge in [0.05, 0.1) is 4.92 Å². The zero-order chi connectivity index (χ0) is 16.6. The van der Waals surface area contributed by atoms with E-state index in [0.29, 0.717) is 21.9 Å². The summed E-state index contributed by atoms with van der Waals surface area (Å²) in [6.45, 7) is 1.75. The highest BCUT2D eigenvalue weighted by Crippen LogP contribution is 2.28. The average Bonchev–Trinajstić information content (AvgIpc) is 2.84. The van der Waals surface area contributed by atoms with Crippen LogP contribution < -0.4 is 5.32 Å². The van der Waals surface area contributed by atoms with E-state index in [2.05, 4.69) is 5.32 Å². The van der Waals surface area contributed by atoms with Crippen LogP contribution in [-0.2, 0) is 0 Å². The van der Waals surface area contributed by atoms with E-state index in [4.69, 9.17) is 16.0 Å². The van der Waals surface area contributed by atoms with E-state index in [1.807, 2.05) is 0 Å². The lowest BCUT2D eigenvalue weighted by Gasteiger charge is -2.03. The van der Waals surface area contributed by atoms with Crippen LogP contribution >= 0.6 is 11.6 Å². The molecule has 0 saturated carbocycles. The smallest absolute Gasteiger partial charge is 0.291 e. The minimum absolute atomic E-state index is 0.101. The van der Waals surface area contributed by atoms with Gasteiger partial charge in [0, 0.05) is 33.8 Å². The summed E-state index contributed by atoms with van der Waals surface area (Å²) in [6, 6.07) is 10.8. The first-order valence-corrected chi connectivity index (χ1v) is 7.08. The molecule has 2 aromatic carbocycles. The zero-order valence-electron chi connectivity index (χ0n) is 12.0. The lowest BCUT2D eigenvalue weighted by Crippen LogP contribution is -2.12. The van der Waals surface area contributed by atoms with Gasteiger partial charge in [-0.2, -0.15) is 0 Å². The fourth-order valence-corrected chi connectivity index (χ4v) is 2.47. The number of aryl methyl sites for hydroxylation is 1. The summed E-state index contributed by atoms with van der Waals surface area (Å²) >= 11 is 5.95. The lowest BCUT2D eigenvalue weighted by atomic mass is 10.1. The van der Waals surface area contributed by atoms with Gasteiger partial charge in [-0.05, 0) is 31.2 Å². The maximum Gasteiger partial charge on any atom is 0.291 e. The fourth-order valence-electron chi connectivity index (χ4n) is 2.29. The number of anilines is 1. The minimum atomic E-state index is -0.524. The van der Waals surface area contributed by atoms with E-state index < -0.39 is 10.8 Å². The molecule has 0 unspecified atom stereocenters. The van der Waals surface area contributed by atoms with Crippen LogP contribution in [0.1, 0.15) is 16.1 Å². The summed E-state index contributed by atoms with van der Waals surface area (Å²) in [7, 11) is 0. The molecule has 0 bridgehead atoms. The zero-order valence-corrected chi connectivity index (χ0v) is 12.8. The van der Waals surface area contributed by atoms with Crippen LogP contribution in [0.25, 0.3) is 11.0 Å². The number of carbonyl (C=O) groups excluding carboxylic acids is 1. The van der Waals surface area contributed by atoms with E-state index in [9.17, 15) is 14.9 Å². The maximum atomic E-state index is 12.4. The second-order valence-corrected chi connectivity index (χ2v) is 5.39. The first-order chi connectivity index (χ1) is 11.0. The monoisotopic (exact) mass is 330 g/mol. The summed E-state index contributed by atoms with van der Waals surface area (Å²) in [6.07, 6.45) is 0. The van der Waals surface area contributed by atoms with Crippen LogP contribution in [0.15, 0.2) is 46.9 Å². The molecule has 0 spiro atoms. The van der Waals surface area contributed by atoms with E-state index in [1.54, 1.807) is 31.2 Å². The number of rotatable bonds is 3. The highest BCUT2D eigenvalue weighted by atomic mass is 35.5. The topological polar surface area (TPSA) is 85.4 Å². The van der Waals surface area contributed by atoms with Crippen molar-refractivity contribution in [3.05, 3.63) is 68.9 Å². The predicted octanol–water partition coefficient (Wildman–Crippen LogP) is 4.56. The molecule has 0 fully saturated rings. The standard InChI is InChI=1S/C16H11ClN2O4/c1-9-13-7-10(17)5-6-14(13)23-15(9)16(20)18-11-3-2-4-12(8-11)19(21)22/h2-8H,1H3,(H,18,20). The van der Waals surface area contributed by atoms with E-state index in [0.717, 1.165) is 5.39 Å². The molecule has 1 aromatic heterocycles. The van der Waals surface area contributed by atoms with Gasteiger partial charge in [0.25, 0.3) is 11.6 Å². The van der Waals surface area contributed by atoms with Gasteiger partial charge in [-0.15, -0.1) is 0 Å². The maximum absolute atomic E-state index is 12.4. The van der Waals surface area contributed by atoms with Gasteiger partial charge < -0.3 is 9.73 Å². The van der Waals surface area contributed by atoms with Crippen molar-refractivity contribution >= 4 is 39.9 Å². The normalized spacial score (nSPS) is 10.7. The molecule has 3 rings (SSSR count). The number of nitro benzene ring substituents is 1. The number of nitro groups is 1. The van der Waals surface area contributed by atoms with Gasteiger partial charge in [-0.3, -0.25) is 14.9 Å². The summed E-state index contributed by atoms with van der Waals surface area (Å²) in [5, 5.41) is 14.7. The van der Waals surface area contributed by atoms with Crippen molar-refractivity contribution in [3.8, 4) is 0 Å². The molecule has 0 radical (unpaired) electrons. The Morgan fingerprint density at radius 3 is 2.78 bits per heavy atom. The molecule has 0 aliphatic heterocycles. The Kier molecular flexibility index (Phi) is 3.75. The Hall–Kier alpha value is -2.86. The van der Waals surface area contributed by atoms with E-state index in [-0.39, 0.29) is 11.4 Å². The molecule has 0 atom stereocenters. The third-order valence-corrected chi connectivity index (χ3v) is 3.65. The molecule has 3 aromatic rings. The summed E-state index contributed by atoms with van der Waals surface area (Å²) in [5.41, 5.74) is 1.43. The molecular weight excluding hydrogens is 320 g/mol. The number of nitrogens with zero attached hydrogens (tertiary/aromatic N) is 1. The first kappa shape index (κ1) is 15.1. The van der Waals surface area contributed by atoms with E-state index >= 15 is 0 Å². The molecule has 1 N–H and O–H groups in total. The molecule has 116 valence electrons. The van der Waals surface area contributed by atoms with Crippen molar-refractivity contribution in [1.82, 2.24) is 0 Å². The number of halogens is 1. The van der Waals surface area contributed by atoms with E-state index in [1.165, 1.54) is 18.2 Å². The largest absolute Gasteiger partial charge is 0.451 e. The van der Waals surface area contributed by atoms with Crippen molar-refractivity contribution < 1.29 is 14.1 Å². The summed E-state index contributed by atoms with van der Waals surface area (Å²) < 4.78 is 5.56. The van der Waals surface area contributed by atoms with Crippen LogP contribution in [0.4, 0.5) is 11.4 Å². The average molecular weight is 331 g/mol. The Bertz CT molecular complexity index is 933. The van der Waals surface area contributed by atoms with Gasteiger partial charge in [-0.25, -0.2) is 0 Å². The number of benzene rings is 2. The first-order valence-electron chi connectivity index (χ1n) is 6.70. The quantitative estimate of drug-likeness (QED) is 0.563. The third kappa shape index (κ3) is 2.89. The van der Waals surface area contributed by atoms with Crippen molar-refractivity contribution in [2.45, 2.75) is 6.92 Å². The molecule has 0 saturated heterocycles. The van der Waals surface area contributed by atoms with Gasteiger partial charge in [0.1, 0.15) is 5.58 Å². The minimum Gasteiger partial charge on any atom is -0.451 e. The molecule has 0 aliphatic carbocycles. The number of non-ortho nitro benzene ring substituents is 1. The molecule has 23 heavy (non-hydrogen) atoms. The van der Waals surface area contributed by atoms with Crippen LogP contribution in [-0.4, -0.2) is 10.8 Å². The van der Waals surface area contributed by atoms with Crippen molar-refractivity contribution in [1.29, 1.82) is 0 Å². The summed E-state index contributed by atoms with van der Waals surface area (Å²) in [4.78, 5) is 22.6. The third-order valence-electron chi connectivity index (χ3n) is 3.42. The van der Waals surface area contributed by atoms with Crippen LogP contribution in [0, 0.1) is 17.0 Å². The van der Waals surface area contributed by atoms with Crippen molar-refractivity contribution in [2.75, 3.05) is 5.32 Å². The second kappa shape index (κ2) is 5.73. The molecule has 1 amide bonds. The van der Waals surface area contributed by atoms with Crippen LogP contribution in [0.3, 0.4) is 0 Å². The highest BCUT2D eigenvalue weighted by Gasteiger charge is 2.18. The molecule has 1 heterocycles. The van der Waals surface area contributed by atoms with Crippen LogP contribution in [0.5, 0.6) is 0 Å². The Morgan fingerprint density at radius 2 is 2.04 bits per heavy atom. The van der Waals surface area contributed by atoms with Gasteiger partial charge in [-0.1, -0.05) is 17.7 Å². The van der Waals surface area contributed by atoms with Gasteiger partial charge in [0.2, 0.25) is 0 Å². The number of hydrogen-bond acceptors (Lipinski definition) is 4. The number of furan rings is 1. The van der Waals surface area contributed by atoms with Gasteiger partial charge >= 0.3 is 0 Å². The SMILES string of the molecule is Cc1c(C(=O)Nc2cccc([N+](=O)[O-])c2)oc2ccc(Cl)cc12. The molecular formula is C16H11ClN2O4. The van der Waals surface area contributed by atoms with Crippen molar-refractivity contribution in [2.24, 2.45) is 0 Å². The molecule has 6 nitrogen and oxygen atoms in total. The fraction of sp³-hybridized carbons (Fsp3) is 0.0625. The number of amides is 1. The second-order valence-electron chi connectivity index (χ2n) is 4.96. The Labute approximate surface area is 135 Å².